The molecule has 0 amide bonds. The molecule has 0 heterocycles. The van der Waals surface area contributed by atoms with E-state index in [4.69, 9.17) is 10.8 Å². The second-order valence-electron chi connectivity index (χ2n) is 3.09. The van der Waals surface area contributed by atoms with Gasteiger partial charge in [0, 0.05) is 0 Å². The van der Waals surface area contributed by atoms with Gasteiger partial charge in [-0.3, -0.25) is 4.79 Å². The van der Waals surface area contributed by atoms with Gasteiger partial charge in [0.05, 0.1) is 6.04 Å². The number of ketones is 1. The highest BCUT2D eigenvalue weighted by Crippen LogP contribution is 2.10. The van der Waals surface area contributed by atoms with E-state index >= 15 is 0 Å². The van der Waals surface area contributed by atoms with E-state index in [1.165, 1.54) is 6.92 Å². The second-order valence-corrected chi connectivity index (χ2v) is 3.09. The number of phenolic OH excluding ortho intramolecular Hbond substituents is 1. The maximum atomic E-state index is 10.8. The molecule has 0 saturated heterocycles. The highest BCUT2D eigenvalue weighted by molar-refractivity contribution is 5.81. The Morgan fingerprint density at radius 3 is 2.46 bits per heavy atom. The van der Waals surface area contributed by atoms with E-state index in [0.717, 1.165) is 5.56 Å². The summed E-state index contributed by atoms with van der Waals surface area (Å²) in [5.41, 5.74) is 6.53. The van der Waals surface area contributed by atoms with Crippen molar-refractivity contribution in [2.75, 3.05) is 0 Å². The molecule has 3 N–H and O–H groups in total. The normalized spacial score (nSPS) is 12.5. The third-order valence-corrected chi connectivity index (χ3v) is 1.91. The van der Waals surface area contributed by atoms with E-state index in [0.29, 0.717) is 6.42 Å². The van der Waals surface area contributed by atoms with Gasteiger partial charge in [0.25, 0.3) is 0 Å². The Labute approximate surface area is 77.2 Å². The van der Waals surface area contributed by atoms with Gasteiger partial charge in [0.2, 0.25) is 0 Å². The Bertz CT molecular complexity index is 292. The first-order valence-corrected chi connectivity index (χ1v) is 4.13. The molecular formula is C10H13NO2. The molecule has 3 nitrogen and oxygen atoms in total. The summed E-state index contributed by atoms with van der Waals surface area (Å²) in [6.45, 7) is 1.48. The van der Waals surface area contributed by atoms with Crippen LogP contribution in [0.5, 0.6) is 5.75 Å². The third-order valence-electron chi connectivity index (χ3n) is 1.91. The molecule has 0 bridgehead atoms. The fraction of sp³-hybridized carbons (Fsp3) is 0.300. The smallest absolute Gasteiger partial charge is 0.146 e. The molecule has 0 aliphatic rings. The zero-order valence-electron chi connectivity index (χ0n) is 7.53. The first-order chi connectivity index (χ1) is 6.09. The van der Waals surface area contributed by atoms with Crippen molar-refractivity contribution in [3.8, 4) is 5.75 Å². The first kappa shape index (κ1) is 9.74. The lowest BCUT2D eigenvalue weighted by Crippen LogP contribution is -2.30. The summed E-state index contributed by atoms with van der Waals surface area (Å²) < 4.78 is 0. The Hall–Kier alpha value is -1.35. The molecule has 13 heavy (non-hydrogen) atoms. The fourth-order valence-electron chi connectivity index (χ4n) is 1.03. The molecule has 0 aliphatic heterocycles. The lowest BCUT2D eigenvalue weighted by atomic mass is 10.0. The fourth-order valence-corrected chi connectivity index (χ4v) is 1.03. The molecule has 1 aromatic carbocycles. The van der Waals surface area contributed by atoms with Crippen molar-refractivity contribution >= 4 is 5.78 Å². The molecule has 0 fully saturated rings. The standard InChI is InChI=1S/C10H13NO2/c1-7(12)10(11)6-8-2-4-9(13)5-3-8/h2-5,10,13H,6,11H2,1H3/t10-/m1/s1. The van der Waals surface area contributed by atoms with Crippen molar-refractivity contribution in [2.45, 2.75) is 19.4 Å². The van der Waals surface area contributed by atoms with Crippen LogP contribution < -0.4 is 5.73 Å². The summed E-state index contributed by atoms with van der Waals surface area (Å²) in [6.07, 6.45) is 0.523. The van der Waals surface area contributed by atoms with Crippen LogP contribution in [0.2, 0.25) is 0 Å². The number of Topliss-reactive ketones (excluding diaryl/α,β-unsaturated/α-hetero) is 1. The molecule has 3 heteroatoms. The molecule has 0 spiro atoms. The third kappa shape index (κ3) is 2.87. The molecule has 1 rings (SSSR count). The van der Waals surface area contributed by atoms with Crippen molar-refractivity contribution in [3.05, 3.63) is 29.8 Å². The monoisotopic (exact) mass is 179 g/mol. The Kier molecular flexibility index (Phi) is 3.03. The number of carbonyl (C=O) groups excluding carboxylic acids is 1. The van der Waals surface area contributed by atoms with Gasteiger partial charge < -0.3 is 10.8 Å². The number of benzene rings is 1. The number of phenols is 1. The average Bonchev–Trinajstić information content (AvgIpc) is 2.08. The van der Waals surface area contributed by atoms with Crippen molar-refractivity contribution in [3.63, 3.8) is 0 Å². The molecule has 1 aromatic rings. The number of nitrogens with two attached hydrogens (primary N) is 1. The molecule has 0 radical (unpaired) electrons. The molecule has 0 saturated carbocycles. The van der Waals surface area contributed by atoms with E-state index in [9.17, 15) is 4.79 Å². The number of carbonyl (C=O) groups is 1. The largest absolute Gasteiger partial charge is 0.508 e. The maximum Gasteiger partial charge on any atom is 0.146 e. The van der Waals surface area contributed by atoms with Crippen LogP contribution in [0.15, 0.2) is 24.3 Å². The van der Waals surface area contributed by atoms with Gasteiger partial charge >= 0.3 is 0 Å². The van der Waals surface area contributed by atoms with Gasteiger partial charge in [-0.05, 0) is 31.0 Å². The lowest BCUT2D eigenvalue weighted by Gasteiger charge is -2.07. The van der Waals surface area contributed by atoms with E-state index in [1.54, 1.807) is 24.3 Å². The van der Waals surface area contributed by atoms with E-state index in [1.807, 2.05) is 0 Å². The van der Waals surface area contributed by atoms with Crippen LogP contribution >= 0.6 is 0 Å². The summed E-state index contributed by atoms with van der Waals surface area (Å²) >= 11 is 0. The molecule has 70 valence electrons. The minimum Gasteiger partial charge on any atom is -0.508 e. The first-order valence-electron chi connectivity index (χ1n) is 4.13. The Morgan fingerprint density at radius 1 is 1.46 bits per heavy atom. The van der Waals surface area contributed by atoms with Gasteiger partial charge in [-0.2, -0.15) is 0 Å². The van der Waals surface area contributed by atoms with Crippen LogP contribution in [-0.4, -0.2) is 16.9 Å². The van der Waals surface area contributed by atoms with Gasteiger partial charge in [-0.15, -0.1) is 0 Å². The Balaban J connectivity index is 2.64. The van der Waals surface area contributed by atoms with Crippen LogP contribution in [0.3, 0.4) is 0 Å². The Morgan fingerprint density at radius 2 is 2.00 bits per heavy atom. The van der Waals surface area contributed by atoms with Crippen molar-refractivity contribution in [1.82, 2.24) is 0 Å². The molecule has 0 aromatic heterocycles. The van der Waals surface area contributed by atoms with Crippen molar-refractivity contribution < 1.29 is 9.90 Å². The van der Waals surface area contributed by atoms with E-state index in [-0.39, 0.29) is 11.5 Å². The van der Waals surface area contributed by atoms with E-state index in [2.05, 4.69) is 0 Å². The zero-order valence-corrected chi connectivity index (χ0v) is 7.53. The van der Waals surface area contributed by atoms with Crippen LogP contribution in [-0.2, 0) is 11.2 Å². The predicted molar refractivity (Wildman–Crippen MR) is 50.5 cm³/mol. The molecular weight excluding hydrogens is 166 g/mol. The van der Waals surface area contributed by atoms with Gasteiger partial charge in [-0.25, -0.2) is 0 Å². The highest BCUT2D eigenvalue weighted by atomic mass is 16.3. The number of hydrogen-bond donors (Lipinski definition) is 2. The topological polar surface area (TPSA) is 63.3 Å². The molecule has 0 aliphatic carbocycles. The molecule has 1 atom stereocenters. The average molecular weight is 179 g/mol. The SMILES string of the molecule is CC(=O)[C@H](N)Cc1ccc(O)cc1. The minimum atomic E-state index is -0.440. The summed E-state index contributed by atoms with van der Waals surface area (Å²) in [6, 6.07) is 6.25. The van der Waals surface area contributed by atoms with Crippen LogP contribution in [0.25, 0.3) is 0 Å². The second kappa shape index (κ2) is 4.05. The van der Waals surface area contributed by atoms with Gasteiger partial charge in [-0.1, -0.05) is 12.1 Å². The van der Waals surface area contributed by atoms with E-state index < -0.39 is 6.04 Å². The summed E-state index contributed by atoms with van der Waals surface area (Å²) in [5.74, 6) is 0.202. The van der Waals surface area contributed by atoms with Gasteiger partial charge in [0.1, 0.15) is 11.5 Å². The summed E-state index contributed by atoms with van der Waals surface area (Å²) in [4.78, 5) is 10.8. The number of aromatic hydroxyl groups is 1. The van der Waals surface area contributed by atoms with Crippen LogP contribution in [0.4, 0.5) is 0 Å². The summed E-state index contributed by atoms with van der Waals surface area (Å²) in [5, 5.41) is 9.00. The number of rotatable bonds is 3. The van der Waals surface area contributed by atoms with Gasteiger partial charge in [0.15, 0.2) is 0 Å². The van der Waals surface area contributed by atoms with Crippen molar-refractivity contribution in [1.29, 1.82) is 0 Å². The maximum absolute atomic E-state index is 10.8. The van der Waals surface area contributed by atoms with Crippen LogP contribution in [0.1, 0.15) is 12.5 Å². The quantitative estimate of drug-likeness (QED) is 0.723. The van der Waals surface area contributed by atoms with Crippen molar-refractivity contribution in [2.24, 2.45) is 5.73 Å². The zero-order chi connectivity index (χ0) is 9.84. The number of hydrogen-bond acceptors (Lipinski definition) is 3. The minimum absolute atomic E-state index is 0.0203. The lowest BCUT2D eigenvalue weighted by molar-refractivity contribution is -0.118. The van der Waals surface area contributed by atoms with Crippen LogP contribution in [0, 0.1) is 0 Å². The highest BCUT2D eigenvalue weighted by Gasteiger charge is 2.08. The predicted octanol–water partition coefficient (Wildman–Crippen LogP) is 0.851. The molecule has 0 unspecified atom stereocenters. The summed E-state index contributed by atoms with van der Waals surface area (Å²) in [7, 11) is 0.